The van der Waals surface area contributed by atoms with Gasteiger partial charge in [0.2, 0.25) is 0 Å². The van der Waals surface area contributed by atoms with Crippen LogP contribution in [0.1, 0.15) is 6.42 Å². The standard InChI is InChI=1S/C18H27ClN6/c1-21-16-9-18(22-2,23-3)13(17(16)20)10-25-14-6-7-24-15-8-11(19)4-5-12(14)15/h4-8,13,16-17,21-23H,9-10,20H2,1-3H3,(H,24,25). The molecule has 25 heavy (non-hydrogen) atoms. The summed E-state index contributed by atoms with van der Waals surface area (Å²) >= 11 is 6.08. The first-order valence-corrected chi connectivity index (χ1v) is 9.01. The van der Waals surface area contributed by atoms with Gasteiger partial charge in [-0.15, -0.1) is 0 Å². The number of nitrogens with one attached hydrogen (secondary N) is 4. The number of rotatable bonds is 6. The lowest BCUT2D eigenvalue weighted by atomic mass is 9.93. The molecule has 1 aliphatic rings. The molecule has 1 fully saturated rings. The smallest absolute Gasteiger partial charge is 0.0759 e. The number of nitrogens with two attached hydrogens (primary N) is 1. The molecule has 1 saturated carbocycles. The summed E-state index contributed by atoms with van der Waals surface area (Å²) in [5.74, 6) is 0.218. The fourth-order valence-corrected chi connectivity index (χ4v) is 4.21. The second kappa shape index (κ2) is 7.43. The maximum Gasteiger partial charge on any atom is 0.0759 e. The minimum absolute atomic E-state index is 0.0416. The van der Waals surface area contributed by atoms with E-state index < -0.39 is 0 Å². The number of nitrogens with zero attached hydrogens (tertiary/aromatic N) is 1. The summed E-state index contributed by atoms with van der Waals surface area (Å²) in [6, 6.07) is 8.07. The summed E-state index contributed by atoms with van der Waals surface area (Å²) in [7, 11) is 5.94. The Morgan fingerprint density at radius 3 is 2.68 bits per heavy atom. The molecule has 3 atom stereocenters. The minimum Gasteiger partial charge on any atom is -0.384 e. The van der Waals surface area contributed by atoms with Gasteiger partial charge >= 0.3 is 0 Å². The van der Waals surface area contributed by atoms with E-state index in [0.29, 0.717) is 5.02 Å². The highest BCUT2D eigenvalue weighted by molar-refractivity contribution is 6.31. The van der Waals surface area contributed by atoms with E-state index in [9.17, 15) is 0 Å². The third kappa shape index (κ3) is 3.32. The van der Waals surface area contributed by atoms with Crippen molar-refractivity contribution in [2.24, 2.45) is 11.7 Å². The van der Waals surface area contributed by atoms with Crippen LogP contribution in [0.3, 0.4) is 0 Å². The van der Waals surface area contributed by atoms with Crippen molar-refractivity contribution < 1.29 is 0 Å². The monoisotopic (exact) mass is 362 g/mol. The van der Waals surface area contributed by atoms with Crippen LogP contribution in [0.15, 0.2) is 30.5 Å². The Balaban J connectivity index is 1.84. The third-order valence-corrected chi connectivity index (χ3v) is 5.82. The average molecular weight is 363 g/mol. The van der Waals surface area contributed by atoms with Crippen LogP contribution in [-0.4, -0.2) is 50.4 Å². The SMILES string of the molecule is CNC1CC(NC)(NC)C(CNc2ccnc3cc(Cl)ccc23)C1N. The molecule has 3 rings (SSSR count). The quantitative estimate of drug-likeness (QED) is 0.499. The number of aromatic nitrogens is 1. The lowest BCUT2D eigenvalue weighted by molar-refractivity contribution is 0.217. The molecule has 0 amide bonds. The number of fused-ring (bicyclic) bond motifs is 1. The number of likely N-dealkylation sites (N-methyl/N-ethyl adjacent to an activating group) is 1. The Morgan fingerprint density at radius 1 is 1.24 bits per heavy atom. The largest absolute Gasteiger partial charge is 0.384 e. The fraction of sp³-hybridized carbons (Fsp3) is 0.500. The van der Waals surface area contributed by atoms with E-state index in [4.69, 9.17) is 17.3 Å². The maximum atomic E-state index is 6.54. The van der Waals surface area contributed by atoms with Crippen LogP contribution in [0.2, 0.25) is 5.02 Å². The zero-order valence-electron chi connectivity index (χ0n) is 14.9. The average Bonchev–Trinajstić information content (AvgIpc) is 2.91. The highest BCUT2D eigenvalue weighted by atomic mass is 35.5. The first-order chi connectivity index (χ1) is 12.0. The molecule has 0 spiro atoms. The molecule has 0 saturated heterocycles. The maximum absolute atomic E-state index is 6.54. The molecule has 1 aliphatic carbocycles. The molecule has 6 N–H and O–H groups in total. The number of halogens is 1. The van der Waals surface area contributed by atoms with Crippen molar-refractivity contribution in [3.63, 3.8) is 0 Å². The van der Waals surface area contributed by atoms with Gasteiger partial charge in [-0.05, 0) is 51.8 Å². The van der Waals surface area contributed by atoms with Gasteiger partial charge in [0.25, 0.3) is 0 Å². The van der Waals surface area contributed by atoms with Crippen molar-refractivity contribution in [3.05, 3.63) is 35.5 Å². The molecule has 0 radical (unpaired) electrons. The number of anilines is 1. The summed E-state index contributed by atoms with van der Waals surface area (Å²) in [6.07, 6.45) is 2.73. The van der Waals surface area contributed by atoms with E-state index in [1.54, 1.807) is 6.20 Å². The topological polar surface area (TPSA) is 87.0 Å². The van der Waals surface area contributed by atoms with E-state index in [-0.39, 0.29) is 23.7 Å². The predicted octanol–water partition coefficient (Wildman–Crippen LogP) is 1.37. The zero-order valence-corrected chi connectivity index (χ0v) is 15.7. The van der Waals surface area contributed by atoms with Crippen molar-refractivity contribution in [3.8, 4) is 0 Å². The number of hydrogen-bond donors (Lipinski definition) is 5. The number of hydrogen-bond acceptors (Lipinski definition) is 6. The van der Waals surface area contributed by atoms with E-state index in [0.717, 1.165) is 29.6 Å². The molecule has 6 nitrogen and oxygen atoms in total. The van der Waals surface area contributed by atoms with Gasteiger partial charge in [0.1, 0.15) is 0 Å². The number of benzene rings is 1. The van der Waals surface area contributed by atoms with Crippen molar-refractivity contribution in [1.82, 2.24) is 20.9 Å². The molecule has 3 unspecified atom stereocenters. The Kier molecular flexibility index (Phi) is 5.46. The minimum atomic E-state index is -0.202. The van der Waals surface area contributed by atoms with Crippen molar-refractivity contribution in [2.75, 3.05) is 33.0 Å². The van der Waals surface area contributed by atoms with Crippen molar-refractivity contribution >= 4 is 28.2 Å². The highest BCUT2D eigenvalue weighted by Gasteiger charge is 2.50. The van der Waals surface area contributed by atoms with E-state index in [1.165, 1.54) is 0 Å². The molecular formula is C18H27ClN6. The first kappa shape index (κ1) is 18.4. The van der Waals surface area contributed by atoms with Gasteiger partial charge in [0.05, 0.1) is 11.2 Å². The molecule has 0 bridgehead atoms. The molecule has 1 aromatic carbocycles. The molecule has 1 heterocycles. The van der Waals surface area contributed by atoms with E-state index in [1.807, 2.05) is 45.4 Å². The molecular weight excluding hydrogens is 336 g/mol. The normalized spacial score (nSPS) is 25.4. The van der Waals surface area contributed by atoms with Crippen LogP contribution < -0.4 is 27.0 Å². The Bertz CT molecular complexity index is 733. The third-order valence-electron chi connectivity index (χ3n) is 5.58. The van der Waals surface area contributed by atoms with Crippen LogP contribution in [0.5, 0.6) is 0 Å². The number of pyridine rings is 1. The summed E-state index contributed by atoms with van der Waals surface area (Å²) in [4.78, 5) is 4.40. The fourth-order valence-electron chi connectivity index (χ4n) is 4.04. The van der Waals surface area contributed by atoms with Gasteiger partial charge in [-0.3, -0.25) is 4.98 Å². The van der Waals surface area contributed by atoms with Gasteiger partial charge < -0.3 is 27.0 Å². The molecule has 7 heteroatoms. The van der Waals surface area contributed by atoms with Crippen molar-refractivity contribution in [1.29, 1.82) is 0 Å². The second-order valence-corrected chi connectivity index (χ2v) is 7.09. The van der Waals surface area contributed by atoms with Crippen LogP contribution >= 0.6 is 11.6 Å². The molecule has 2 aromatic rings. The van der Waals surface area contributed by atoms with Gasteiger partial charge in [-0.1, -0.05) is 11.6 Å². The Morgan fingerprint density at radius 2 is 2.00 bits per heavy atom. The van der Waals surface area contributed by atoms with Gasteiger partial charge in [-0.25, -0.2) is 0 Å². The Labute approximate surface area is 153 Å². The molecule has 0 aliphatic heterocycles. The van der Waals surface area contributed by atoms with Crippen LogP contribution in [0, 0.1) is 5.92 Å². The molecule has 1 aromatic heterocycles. The van der Waals surface area contributed by atoms with E-state index >= 15 is 0 Å². The second-order valence-electron chi connectivity index (χ2n) is 6.66. The van der Waals surface area contributed by atoms with Crippen LogP contribution in [-0.2, 0) is 0 Å². The van der Waals surface area contributed by atoms with Gasteiger partial charge in [0.15, 0.2) is 0 Å². The summed E-state index contributed by atoms with van der Waals surface area (Å²) < 4.78 is 0. The van der Waals surface area contributed by atoms with Gasteiger partial charge in [-0.2, -0.15) is 0 Å². The van der Waals surface area contributed by atoms with E-state index in [2.05, 4.69) is 26.3 Å². The zero-order chi connectivity index (χ0) is 18.0. The summed E-state index contributed by atoms with van der Waals surface area (Å²) in [5.41, 5.74) is 8.27. The highest BCUT2D eigenvalue weighted by Crippen LogP contribution is 2.34. The van der Waals surface area contributed by atoms with Crippen molar-refractivity contribution in [2.45, 2.75) is 24.2 Å². The lowest BCUT2D eigenvalue weighted by Crippen LogP contribution is -2.60. The Hall–Kier alpha value is -1.44. The van der Waals surface area contributed by atoms with Crippen LogP contribution in [0.25, 0.3) is 10.9 Å². The predicted molar refractivity (Wildman–Crippen MR) is 105 cm³/mol. The first-order valence-electron chi connectivity index (χ1n) is 8.63. The summed E-state index contributed by atoms with van der Waals surface area (Å²) in [6.45, 7) is 0.753. The van der Waals surface area contributed by atoms with Crippen LogP contribution in [0.4, 0.5) is 5.69 Å². The van der Waals surface area contributed by atoms with Gasteiger partial charge in [0, 0.05) is 46.8 Å². The lowest BCUT2D eigenvalue weighted by Gasteiger charge is -2.36. The summed E-state index contributed by atoms with van der Waals surface area (Å²) in [5, 5.41) is 15.6. The molecule has 136 valence electrons.